The van der Waals surface area contributed by atoms with E-state index in [0.29, 0.717) is 6.04 Å². The van der Waals surface area contributed by atoms with Crippen molar-refractivity contribution in [2.24, 2.45) is 0 Å². The molecule has 14 heavy (non-hydrogen) atoms. The molecule has 3 heteroatoms. The molecule has 0 spiro atoms. The van der Waals surface area contributed by atoms with Crippen LogP contribution in [-0.4, -0.2) is 22.7 Å². The third kappa shape index (κ3) is 1.87. The van der Waals surface area contributed by atoms with Gasteiger partial charge < -0.3 is 10.0 Å². The van der Waals surface area contributed by atoms with Gasteiger partial charge in [-0.25, -0.2) is 4.98 Å². The number of pyridine rings is 1. The Morgan fingerprint density at radius 3 is 2.86 bits per heavy atom. The second kappa shape index (κ2) is 3.96. The highest BCUT2D eigenvalue weighted by atomic mass is 16.3. The van der Waals surface area contributed by atoms with E-state index < -0.39 is 0 Å². The summed E-state index contributed by atoms with van der Waals surface area (Å²) in [6.45, 7) is 3.16. The van der Waals surface area contributed by atoms with Crippen LogP contribution in [0.5, 0.6) is 0 Å². The Balaban J connectivity index is 2.20. The zero-order valence-corrected chi connectivity index (χ0v) is 8.48. The molecule has 0 aromatic carbocycles. The van der Waals surface area contributed by atoms with Crippen molar-refractivity contribution < 1.29 is 5.11 Å². The highest BCUT2D eigenvalue weighted by molar-refractivity contribution is 5.41. The molecule has 1 N–H and O–H groups in total. The summed E-state index contributed by atoms with van der Waals surface area (Å²) < 4.78 is 0. The number of anilines is 1. The first-order valence-corrected chi connectivity index (χ1v) is 5.18. The molecule has 1 fully saturated rings. The lowest BCUT2D eigenvalue weighted by molar-refractivity contribution is 0.277. The molecule has 0 saturated heterocycles. The first-order valence-electron chi connectivity index (χ1n) is 5.18. The molecule has 1 aromatic rings. The average molecular weight is 192 g/mol. The fourth-order valence-corrected chi connectivity index (χ4v) is 1.71. The Hall–Kier alpha value is -1.09. The van der Waals surface area contributed by atoms with Crippen molar-refractivity contribution in [3.63, 3.8) is 0 Å². The van der Waals surface area contributed by atoms with Crippen LogP contribution < -0.4 is 4.90 Å². The molecule has 1 aromatic heterocycles. The smallest absolute Gasteiger partial charge is 0.129 e. The van der Waals surface area contributed by atoms with E-state index in [1.54, 1.807) is 0 Å². The van der Waals surface area contributed by atoms with E-state index >= 15 is 0 Å². The maximum Gasteiger partial charge on any atom is 0.129 e. The van der Waals surface area contributed by atoms with Crippen LogP contribution >= 0.6 is 0 Å². The minimum absolute atomic E-state index is 0.0239. The first-order chi connectivity index (χ1) is 6.85. The third-order valence-electron chi connectivity index (χ3n) is 2.58. The number of aliphatic hydroxyl groups excluding tert-OH is 1. The molecule has 76 valence electrons. The number of aliphatic hydroxyl groups is 1. The van der Waals surface area contributed by atoms with Gasteiger partial charge in [0.2, 0.25) is 0 Å². The van der Waals surface area contributed by atoms with Crippen LogP contribution in [0.1, 0.15) is 25.5 Å². The first kappa shape index (κ1) is 9.46. The van der Waals surface area contributed by atoms with Crippen molar-refractivity contribution in [3.05, 3.63) is 23.9 Å². The van der Waals surface area contributed by atoms with Gasteiger partial charge in [-0.15, -0.1) is 0 Å². The Bertz CT molecular complexity index is 310. The second-order valence-electron chi connectivity index (χ2n) is 3.66. The van der Waals surface area contributed by atoms with Crippen LogP contribution in [0.2, 0.25) is 0 Å². The summed E-state index contributed by atoms with van der Waals surface area (Å²) in [7, 11) is 0. The number of nitrogens with zero attached hydrogens (tertiary/aromatic N) is 2. The Labute approximate surface area is 84.4 Å². The van der Waals surface area contributed by atoms with E-state index in [4.69, 9.17) is 5.11 Å². The molecule has 1 saturated carbocycles. The van der Waals surface area contributed by atoms with Crippen molar-refractivity contribution >= 4 is 5.82 Å². The number of hydrogen-bond donors (Lipinski definition) is 1. The molecule has 0 radical (unpaired) electrons. The van der Waals surface area contributed by atoms with E-state index in [1.165, 1.54) is 12.8 Å². The quantitative estimate of drug-likeness (QED) is 0.786. The van der Waals surface area contributed by atoms with Gasteiger partial charge >= 0.3 is 0 Å². The molecule has 0 aliphatic heterocycles. The van der Waals surface area contributed by atoms with E-state index in [2.05, 4.69) is 16.8 Å². The van der Waals surface area contributed by atoms with Crippen molar-refractivity contribution in [2.75, 3.05) is 11.4 Å². The molecular formula is C11H16N2O. The fraction of sp³-hybridized carbons (Fsp3) is 0.545. The van der Waals surface area contributed by atoms with Gasteiger partial charge in [-0.1, -0.05) is 6.07 Å². The van der Waals surface area contributed by atoms with Gasteiger partial charge in [0, 0.05) is 12.6 Å². The standard InChI is InChI=1S/C11H16N2O/c1-2-13(10-6-7-10)11-5-3-4-9(8-14)12-11/h3-5,10,14H,2,6-8H2,1H3. The van der Waals surface area contributed by atoms with Crippen molar-refractivity contribution in [2.45, 2.75) is 32.4 Å². The van der Waals surface area contributed by atoms with E-state index in [0.717, 1.165) is 18.1 Å². The highest BCUT2D eigenvalue weighted by Crippen LogP contribution is 2.30. The minimum Gasteiger partial charge on any atom is -0.390 e. The molecule has 3 nitrogen and oxygen atoms in total. The molecule has 0 bridgehead atoms. The lowest BCUT2D eigenvalue weighted by Crippen LogP contribution is -2.26. The number of hydrogen-bond acceptors (Lipinski definition) is 3. The Kier molecular flexibility index (Phi) is 2.68. The van der Waals surface area contributed by atoms with Gasteiger partial charge in [0.25, 0.3) is 0 Å². The van der Waals surface area contributed by atoms with Crippen LogP contribution in [-0.2, 0) is 6.61 Å². The largest absolute Gasteiger partial charge is 0.390 e. The maximum atomic E-state index is 8.99. The molecule has 0 amide bonds. The van der Waals surface area contributed by atoms with Gasteiger partial charge in [0.1, 0.15) is 5.82 Å². The molecule has 2 rings (SSSR count). The topological polar surface area (TPSA) is 36.4 Å². The average Bonchev–Trinajstić information content (AvgIpc) is 3.04. The molecule has 0 unspecified atom stereocenters. The van der Waals surface area contributed by atoms with Gasteiger partial charge in [-0.05, 0) is 31.9 Å². The zero-order chi connectivity index (χ0) is 9.97. The summed E-state index contributed by atoms with van der Waals surface area (Å²) >= 11 is 0. The van der Waals surface area contributed by atoms with E-state index in [9.17, 15) is 0 Å². The van der Waals surface area contributed by atoms with Gasteiger partial charge in [-0.2, -0.15) is 0 Å². The third-order valence-corrected chi connectivity index (χ3v) is 2.58. The summed E-state index contributed by atoms with van der Waals surface area (Å²) in [6, 6.07) is 6.51. The lowest BCUT2D eigenvalue weighted by Gasteiger charge is -2.21. The lowest BCUT2D eigenvalue weighted by atomic mass is 10.3. The number of rotatable bonds is 4. The predicted octanol–water partition coefficient (Wildman–Crippen LogP) is 1.56. The van der Waals surface area contributed by atoms with Crippen LogP contribution in [0.3, 0.4) is 0 Å². The normalized spacial score (nSPS) is 15.6. The minimum atomic E-state index is 0.0239. The zero-order valence-electron chi connectivity index (χ0n) is 8.48. The van der Waals surface area contributed by atoms with E-state index in [-0.39, 0.29) is 6.61 Å². The molecule has 1 heterocycles. The summed E-state index contributed by atoms with van der Waals surface area (Å²) in [5, 5.41) is 8.99. The summed E-state index contributed by atoms with van der Waals surface area (Å²) in [4.78, 5) is 6.70. The molecular weight excluding hydrogens is 176 g/mol. The van der Waals surface area contributed by atoms with E-state index in [1.807, 2.05) is 18.2 Å². The van der Waals surface area contributed by atoms with Crippen LogP contribution in [0, 0.1) is 0 Å². The predicted molar refractivity (Wildman–Crippen MR) is 56.2 cm³/mol. The van der Waals surface area contributed by atoms with Crippen LogP contribution in [0.15, 0.2) is 18.2 Å². The van der Waals surface area contributed by atoms with Crippen molar-refractivity contribution in [1.82, 2.24) is 4.98 Å². The SMILES string of the molecule is CCN(c1cccc(CO)n1)C1CC1. The highest BCUT2D eigenvalue weighted by Gasteiger charge is 2.28. The van der Waals surface area contributed by atoms with Crippen LogP contribution in [0.25, 0.3) is 0 Å². The van der Waals surface area contributed by atoms with Crippen molar-refractivity contribution in [3.8, 4) is 0 Å². The van der Waals surface area contributed by atoms with Gasteiger partial charge in [-0.3, -0.25) is 0 Å². The molecule has 0 atom stereocenters. The summed E-state index contributed by atoms with van der Waals surface area (Å²) in [5.74, 6) is 1.00. The van der Waals surface area contributed by atoms with Crippen molar-refractivity contribution in [1.29, 1.82) is 0 Å². The monoisotopic (exact) mass is 192 g/mol. The summed E-state index contributed by atoms with van der Waals surface area (Å²) in [5.41, 5.74) is 0.751. The molecule has 1 aliphatic carbocycles. The second-order valence-corrected chi connectivity index (χ2v) is 3.66. The van der Waals surface area contributed by atoms with Crippen LogP contribution in [0.4, 0.5) is 5.82 Å². The van der Waals surface area contributed by atoms with Gasteiger partial charge in [0.05, 0.1) is 12.3 Å². The Morgan fingerprint density at radius 1 is 1.50 bits per heavy atom. The summed E-state index contributed by atoms with van der Waals surface area (Å²) in [6.07, 6.45) is 2.55. The van der Waals surface area contributed by atoms with Gasteiger partial charge in [0.15, 0.2) is 0 Å². The molecule has 1 aliphatic rings. The fourth-order valence-electron chi connectivity index (χ4n) is 1.71. The number of aromatic nitrogens is 1. The maximum absolute atomic E-state index is 8.99. The Morgan fingerprint density at radius 2 is 2.29 bits per heavy atom.